The van der Waals surface area contributed by atoms with Crippen molar-refractivity contribution in [3.63, 3.8) is 0 Å². The highest BCUT2D eigenvalue weighted by atomic mass is 19.1. The van der Waals surface area contributed by atoms with Gasteiger partial charge in [0.25, 0.3) is 5.91 Å². The van der Waals surface area contributed by atoms with Gasteiger partial charge in [0.1, 0.15) is 5.82 Å². The SMILES string of the molecule is Cc1c(C(=O)NCC2CCN(C3CC3)C2)cnn1-c1ccc(F)cc1. The summed E-state index contributed by atoms with van der Waals surface area (Å²) in [5.41, 5.74) is 2.07. The van der Waals surface area contributed by atoms with Crippen molar-refractivity contribution in [3.8, 4) is 5.69 Å². The minimum absolute atomic E-state index is 0.0873. The van der Waals surface area contributed by atoms with E-state index >= 15 is 0 Å². The molecule has 2 fully saturated rings. The maximum atomic E-state index is 13.1. The summed E-state index contributed by atoms with van der Waals surface area (Å²) in [7, 11) is 0. The molecule has 0 spiro atoms. The largest absolute Gasteiger partial charge is 0.352 e. The second-order valence-electron chi connectivity index (χ2n) is 7.12. The number of halogens is 1. The number of nitrogens with zero attached hydrogens (tertiary/aromatic N) is 3. The fraction of sp³-hybridized carbons (Fsp3) is 0.474. The van der Waals surface area contributed by atoms with Crippen molar-refractivity contribution in [1.82, 2.24) is 20.0 Å². The Labute approximate surface area is 146 Å². The van der Waals surface area contributed by atoms with E-state index in [4.69, 9.17) is 0 Å². The number of hydrogen-bond acceptors (Lipinski definition) is 3. The number of aromatic nitrogens is 2. The lowest BCUT2D eigenvalue weighted by molar-refractivity contribution is 0.0946. The van der Waals surface area contributed by atoms with Crippen LogP contribution in [0, 0.1) is 18.7 Å². The second-order valence-corrected chi connectivity index (χ2v) is 7.12. The molecule has 1 saturated heterocycles. The van der Waals surface area contributed by atoms with E-state index in [9.17, 15) is 9.18 Å². The standard InChI is InChI=1S/C19H23FN4O/c1-13-18(11-22-24(13)17-4-2-15(20)3-5-17)19(25)21-10-14-8-9-23(12-14)16-6-7-16/h2-5,11,14,16H,6-10,12H2,1H3,(H,21,25). The summed E-state index contributed by atoms with van der Waals surface area (Å²) in [6.07, 6.45) is 5.41. The van der Waals surface area contributed by atoms with E-state index in [1.165, 1.54) is 25.0 Å². The summed E-state index contributed by atoms with van der Waals surface area (Å²) in [5, 5.41) is 7.34. The fourth-order valence-corrected chi connectivity index (χ4v) is 3.61. The zero-order valence-electron chi connectivity index (χ0n) is 14.4. The van der Waals surface area contributed by atoms with E-state index in [-0.39, 0.29) is 11.7 Å². The normalized spacial score (nSPS) is 20.8. The lowest BCUT2D eigenvalue weighted by Gasteiger charge is -2.15. The Kier molecular flexibility index (Phi) is 4.29. The lowest BCUT2D eigenvalue weighted by Crippen LogP contribution is -2.31. The molecule has 2 aliphatic rings. The first-order chi connectivity index (χ1) is 12.1. The van der Waals surface area contributed by atoms with Gasteiger partial charge in [0.05, 0.1) is 23.1 Å². The van der Waals surface area contributed by atoms with Crippen LogP contribution in [0.3, 0.4) is 0 Å². The lowest BCUT2D eigenvalue weighted by atomic mass is 10.1. The van der Waals surface area contributed by atoms with Crippen LogP contribution in [-0.4, -0.2) is 46.3 Å². The molecule has 5 nitrogen and oxygen atoms in total. The molecule has 4 rings (SSSR count). The summed E-state index contributed by atoms with van der Waals surface area (Å²) >= 11 is 0. The Morgan fingerprint density at radius 3 is 2.76 bits per heavy atom. The number of hydrogen-bond donors (Lipinski definition) is 1. The summed E-state index contributed by atoms with van der Waals surface area (Å²) in [6.45, 7) is 4.82. The van der Waals surface area contributed by atoms with Gasteiger partial charge in [-0.2, -0.15) is 5.10 Å². The van der Waals surface area contributed by atoms with Gasteiger partial charge < -0.3 is 10.2 Å². The molecule has 1 amide bonds. The second kappa shape index (κ2) is 6.59. The molecule has 2 aromatic rings. The quantitative estimate of drug-likeness (QED) is 0.908. The number of amides is 1. The Morgan fingerprint density at radius 2 is 2.04 bits per heavy atom. The molecule has 2 heterocycles. The van der Waals surface area contributed by atoms with Crippen LogP contribution in [0.2, 0.25) is 0 Å². The molecule has 1 aromatic heterocycles. The molecule has 1 N–H and O–H groups in total. The highest BCUT2D eigenvalue weighted by Gasteiger charge is 2.34. The minimum Gasteiger partial charge on any atom is -0.352 e. The van der Waals surface area contributed by atoms with Crippen LogP contribution in [0.15, 0.2) is 30.5 Å². The molecule has 1 aliphatic heterocycles. The van der Waals surface area contributed by atoms with Gasteiger partial charge in [0, 0.05) is 19.1 Å². The zero-order chi connectivity index (χ0) is 17.4. The van der Waals surface area contributed by atoms with Crippen LogP contribution in [0.5, 0.6) is 0 Å². The van der Waals surface area contributed by atoms with Gasteiger partial charge >= 0.3 is 0 Å². The Balaban J connectivity index is 1.38. The molecule has 1 unspecified atom stereocenters. The van der Waals surface area contributed by atoms with Gasteiger partial charge in [-0.3, -0.25) is 4.79 Å². The third-order valence-corrected chi connectivity index (χ3v) is 5.26. The van der Waals surface area contributed by atoms with E-state index in [0.717, 1.165) is 36.9 Å². The third kappa shape index (κ3) is 3.44. The van der Waals surface area contributed by atoms with Crippen molar-refractivity contribution >= 4 is 5.91 Å². The van der Waals surface area contributed by atoms with Crippen molar-refractivity contribution in [2.45, 2.75) is 32.2 Å². The fourth-order valence-electron chi connectivity index (χ4n) is 3.61. The minimum atomic E-state index is -0.289. The van der Waals surface area contributed by atoms with Gasteiger partial charge in [-0.05, 0) is 62.9 Å². The topological polar surface area (TPSA) is 50.2 Å². The van der Waals surface area contributed by atoms with Crippen LogP contribution in [-0.2, 0) is 0 Å². The first-order valence-electron chi connectivity index (χ1n) is 8.94. The highest BCUT2D eigenvalue weighted by molar-refractivity contribution is 5.95. The molecule has 0 bridgehead atoms. The molecule has 1 saturated carbocycles. The summed E-state index contributed by atoms with van der Waals surface area (Å²) < 4.78 is 14.7. The number of benzene rings is 1. The molecule has 0 radical (unpaired) electrons. The Hall–Kier alpha value is -2.21. The first kappa shape index (κ1) is 16.3. The maximum Gasteiger partial charge on any atom is 0.254 e. The molecule has 132 valence electrons. The monoisotopic (exact) mass is 342 g/mol. The average molecular weight is 342 g/mol. The predicted molar refractivity (Wildman–Crippen MR) is 93.3 cm³/mol. The molecule has 6 heteroatoms. The van der Waals surface area contributed by atoms with Crippen molar-refractivity contribution in [2.75, 3.05) is 19.6 Å². The van der Waals surface area contributed by atoms with Crippen LogP contribution >= 0.6 is 0 Å². The Morgan fingerprint density at radius 1 is 1.28 bits per heavy atom. The Bertz CT molecular complexity index is 766. The van der Waals surface area contributed by atoms with Crippen LogP contribution in [0.4, 0.5) is 4.39 Å². The van der Waals surface area contributed by atoms with E-state index in [1.54, 1.807) is 23.0 Å². The van der Waals surface area contributed by atoms with E-state index in [0.29, 0.717) is 18.0 Å². The van der Waals surface area contributed by atoms with E-state index in [2.05, 4.69) is 15.3 Å². The smallest absolute Gasteiger partial charge is 0.254 e. The van der Waals surface area contributed by atoms with Gasteiger partial charge in [-0.25, -0.2) is 9.07 Å². The summed E-state index contributed by atoms with van der Waals surface area (Å²) in [6, 6.07) is 6.89. The number of carbonyl (C=O) groups excluding carboxylic acids is 1. The first-order valence-corrected chi connectivity index (χ1v) is 8.94. The number of carbonyl (C=O) groups is 1. The van der Waals surface area contributed by atoms with Crippen molar-refractivity contribution in [3.05, 3.63) is 47.5 Å². The van der Waals surface area contributed by atoms with Gasteiger partial charge in [-0.1, -0.05) is 0 Å². The van der Waals surface area contributed by atoms with Crippen LogP contribution in [0.25, 0.3) is 5.69 Å². The number of rotatable bonds is 5. The van der Waals surface area contributed by atoms with Gasteiger partial charge in [0.2, 0.25) is 0 Å². The highest BCUT2D eigenvalue weighted by Crippen LogP contribution is 2.31. The summed E-state index contributed by atoms with van der Waals surface area (Å²) in [5.74, 6) is 0.163. The van der Waals surface area contributed by atoms with E-state index < -0.39 is 0 Å². The zero-order valence-corrected chi connectivity index (χ0v) is 14.4. The molecular formula is C19H23FN4O. The molecule has 1 aromatic carbocycles. The van der Waals surface area contributed by atoms with Gasteiger partial charge in [0.15, 0.2) is 0 Å². The van der Waals surface area contributed by atoms with E-state index in [1.807, 2.05) is 6.92 Å². The van der Waals surface area contributed by atoms with Crippen molar-refractivity contribution < 1.29 is 9.18 Å². The van der Waals surface area contributed by atoms with Crippen LogP contribution < -0.4 is 5.32 Å². The average Bonchev–Trinajstić information content (AvgIpc) is 3.23. The number of likely N-dealkylation sites (tertiary alicyclic amines) is 1. The number of nitrogens with one attached hydrogen (secondary N) is 1. The van der Waals surface area contributed by atoms with Gasteiger partial charge in [-0.15, -0.1) is 0 Å². The van der Waals surface area contributed by atoms with Crippen LogP contribution in [0.1, 0.15) is 35.3 Å². The molecule has 1 atom stereocenters. The predicted octanol–water partition coefficient (Wildman–Crippen LogP) is 2.53. The van der Waals surface area contributed by atoms with Crippen molar-refractivity contribution in [2.24, 2.45) is 5.92 Å². The molecular weight excluding hydrogens is 319 g/mol. The molecule has 1 aliphatic carbocycles. The van der Waals surface area contributed by atoms with Crippen molar-refractivity contribution in [1.29, 1.82) is 0 Å². The third-order valence-electron chi connectivity index (χ3n) is 5.26. The maximum absolute atomic E-state index is 13.1. The molecule has 25 heavy (non-hydrogen) atoms. The summed E-state index contributed by atoms with van der Waals surface area (Å²) in [4.78, 5) is 15.1.